The first-order valence-corrected chi connectivity index (χ1v) is 8.90. The van der Waals surface area contributed by atoms with Gasteiger partial charge < -0.3 is 10.0 Å². The van der Waals surface area contributed by atoms with Crippen LogP contribution in [-0.2, 0) is 6.42 Å². The van der Waals surface area contributed by atoms with Crippen molar-refractivity contribution in [3.05, 3.63) is 83.4 Å². The van der Waals surface area contributed by atoms with Crippen molar-refractivity contribution in [1.29, 1.82) is 0 Å². The van der Waals surface area contributed by atoms with Crippen molar-refractivity contribution in [3.8, 4) is 5.75 Å². The maximum Gasteiger partial charge on any atom is 0.258 e. The lowest BCUT2D eigenvalue weighted by molar-refractivity contribution is 0.0991. The van der Waals surface area contributed by atoms with Gasteiger partial charge in [-0.1, -0.05) is 48.2 Å². The Morgan fingerprint density at radius 1 is 0.960 bits per heavy atom. The minimum Gasteiger partial charge on any atom is -0.506 e. The lowest BCUT2D eigenvalue weighted by Gasteiger charge is -2.24. The Balaban J connectivity index is 1.73. The molecule has 4 rings (SSSR count). The molecule has 1 N–H and O–H groups in total. The van der Waals surface area contributed by atoms with Gasteiger partial charge in [0.15, 0.2) is 0 Å². The van der Waals surface area contributed by atoms with Gasteiger partial charge in [0.25, 0.3) is 5.91 Å². The van der Waals surface area contributed by atoms with Gasteiger partial charge in [-0.25, -0.2) is 0 Å². The fourth-order valence-corrected chi connectivity index (χ4v) is 4.25. The minimum absolute atomic E-state index is 0.0999. The second-order valence-electron chi connectivity index (χ2n) is 6.02. The van der Waals surface area contributed by atoms with Crippen LogP contribution in [0.5, 0.6) is 5.75 Å². The first-order chi connectivity index (χ1) is 12.1. The number of nitrogens with zero attached hydrogens (tertiary/aromatic N) is 1. The Morgan fingerprint density at radius 3 is 2.52 bits per heavy atom. The van der Waals surface area contributed by atoms with Crippen LogP contribution in [-0.4, -0.2) is 18.1 Å². The minimum atomic E-state index is -0.113. The number of phenols is 1. The zero-order chi connectivity index (χ0) is 17.4. The molecule has 0 aliphatic carbocycles. The molecule has 3 aromatic carbocycles. The van der Waals surface area contributed by atoms with E-state index in [4.69, 9.17) is 0 Å². The van der Waals surface area contributed by atoms with E-state index in [9.17, 15) is 9.90 Å². The van der Waals surface area contributed by atoms with E-state index >= 15 is 0 Å². The number of rotatable bonds is 2. The third-order valence-electron chi connectivity index (χ3n) is 4.47. The molecule has 0 fully saturated rings. The third-order valence-corrected chi connectivity index (χ3v) is 5.69. The smallest absolute Gasteiger partial charge is 0.258 e. The summed E-state index contributed by atoms with van der Waals surface area (Å²) < 4.78 is 0. The predicted molar refractivity (Wildman–Crippen MR) is 101 cm³/mol. The molecule has 0 saturated heterocycles. The van der Waals surface area contributed by atoms with E-state index in [1.165, 1.54) is 15.4 Å². The summed E-state index contributed by atoms with van der Waals surface area (Å²) in [6.45, 7) is 0. The largest absolute Gasteiger partial charge is 0.506 e. The van der Waals surface area contributed by atoms with Gasteiger partial charge in [-0.2, -0.15) is 0 Å². The van der Waals surface area contributed by atoms with Gasteiger partial charge in [0, 0.05) is 28.8 Å². The maximum absolute atomic E-state index is 13.1. The highest BCUT2D eigenvalue weighted by atomic mass is 32.2. The summed E-state index contributed by atoms with van der Waals surface area (Å²) in [7, 11) is 1.70. The first-order valence-electron chi connectivity index (χ1n) is 8.09. The number of carbonyl (C=O) groups is 1. The highest BCUT2D eigenvalue weighted by molar-refractivity contribution is 7.99. The van der Waals surface area contributed by atoms with Crippen LogP contribution in [0, 0.1) is 0 Å². The van der Waals surface area contributed by atoms with Gasteiger partial charge in [0.2, 0.25) is 0 Å². The topological polar surface area (TPSA) is 40.5 Å². The molecule has 1 amide bonds. The van der Waals surface area contributed by atoms with Crippen molar-refractivity contribution < 1.29 is 9.90 Å². The number of benzene rings is 3. The van der Waals surface area contributed by atoms with Crippen molar-refractivity contribution in [2.24, 2.45) is 0 Å². The van der Waals surface area contributed by atoms with Crippen LogP contribution >= 0.6 is 11.8 Å². The number of carbonyl (C=O) groups excluding carboxylic acids is 1. The molecule has 0 atom stereocenters. The highest BCUT2D eigenvalue weighted by Crippen LogP contribution is 2.41. The van der Waals surface area contributed by atoms with Gasteiger partial charge >= 0.3 is 0 Å². The van der Waals surface area contributed by atoms with Crippen LogP contribution in [0.15, 0.2) is 76.5 Å². The summed E-state index contributed by atoms with van der Waals surface area (Å²) in [4.78, 5) is 17.0. The highest BCUT2D eigenvalue weighted by Gasteiger charge is 2.24. The van der Waals surface area contributed by atoms with Gasteiger partial charge in [0.05, 0.1) is 5.69 Å². The Kier molecular flexibility index (Phi) is 3.98. The van der Waals surface area contributed by atoms with E-state index in [0.717, 1.165) is 16.9 Å². The quantitative estimate of drug-likeness (QED) is 0.570. The standard InChI is InChI=1S/C21H17NO2S/c1-22(17-9-3-4-10-18(17)23)21(24)15-8-6-12-20-16(15)13-14-7-2-5-11-19(14)25-20/h2-12,23H,13H2,1H3. The van der Waals surface area contributed by atoms with Crippen molar-refractivity contribution in [1.82, 2.24) is 0 Å². The normalized spacial score (nSPS) is 12.2. The molecule has 0 saturated carbocycles. The number of para-hydroxylation sites is 2. The number of phenolic OH excluding ortho intramolecular Hbond substituents is 1. The SMILES string of the molecule is CN(C(=O)c1cccc2c1Cc1ccccc1S2)c1ccccc1O. The second kappa shape index (κ2) is 6.30. The summed E-state index contributed by atoms with van der Waals surface area (Å²) in [5.74, 6) is -0.0128. The molecule has 0 radical (unpaired) electrons. The molecule has 25 heavy (non-hydrogen) atoms. The number of aromatic hydroxyl groups is 1. The van der Waals surface area contributed by atoms with E-state index in [0.29, 0.717) is 11.3 Å². The fraction of sp³-hybridized carbons (Fsp3) is 0.0952. The fourth-order valence-electron chi connectivity index (χ4n) is 3.14. The summed E-state index contributed by atoms with van der Waals surface area (Å²) in [6, 6.07) is 21.0. The number of hydrogen-bond donors (Lipinski definition) is 1. The molecule has 1 aliphatic heterocycles. The molecular formula is C21H17NO2S. The summed E-state index contributed by atoms with van der Waals surface area (Å²) >= 11 is 1.70. The summed E-state index contributed by atoms with van der Waals surface area (Å²) in [6.07, 6.45) is 0.745. The van der Waals surface area contributed by atoms with Crippen LogP contribution in [0.25, 0.3) is 0 Å². The number of fused-ring (bicyclic) bond motifs is 2. The zero-order valence-corrected chi connectivity index (χ0v) is 14.6. The molecule has 3 aromatic rings. The van der Waals surface area contributed by atoms with Crippen molar-refractivity contribution in [2.75, 3.05) is 11.9 Å². The molecule has 0 bridgehead atoms. The average molecular weight is 347 g/mol. The molecule has 1 heterocycles. The number of anilines is 1. The molecule has 0 unspecified atom stereocenters. The van der Waals surface area contributed by atoms with Gasteiger partial charge in [-0.15, -0.1) is 0 Å². The first kappa shape index (κ1) is 15.8. The monoisotopic (exact) mass is 347 g/mol. The molecule has 1 aliphatic rings. The number of hydrogen-bond acceptors (Lipinski definition) is 3. The lowest BCUT2D eigenvalue weighted by Crippen LogP contribution is -2.27. The van der Waals surface area contributed by atoms with Gasteiger partial charge in [-0.05, 0) is 41.5 Å². The third kappa shape index (κ3) is 2.79. The molecule has 3 nitrogen and oxygen atoms in total. The van der Waals surface area contributed by atoms with E-state index < -0.39 is 0 Å². The van der Waals surface area contributed by atoms with Crippen molar-refractivity contribution >= 4 is 23.4 Å². The van der Waals surface area contributed by atoms with Gasteiger partial charge in [0.1, 0.15) is 5.75 Å². The Morgan fingerprint density at radius 2 is 1.68 bits per heavy atom. The van der Waals surface area contributed by atoms with Crippen molar-refractivity contribution in [3.63, 3.8) is 0 Å². The molecular weight excluding hydrogens is 330 g/mol. The van der Waals surface area contributed by atoms with Crippen LogP contribution in [0.1, 0.15) is 21.5 Å². The van der Waals surface area contributed by atoms with Crippen LogP contribution in [0.4, 0.5) is 5.69 Å². The maximum atomic E-state index is 13.1. The number of amides is 1. The Labute approximate surface area is 150 Å². The van der Waals surface area contributed by atoms with Gasteiger partial charge in [-0.3, -0.25) is 4.79 Å². The van der Waals surface area contributed by atoms with Crippen LogP contribution < -0.4 is 4.90 Å². The molecule has 0 spiro atoms. The summed E-state index contributed by atoms with van der Waals surface area (Å²) in [5.41, 5.74) is 3.49. The van der Waals surface area contributed by atoms with Crippen LogP contribution in [0.2, 0.25) is 0 Å². The Bertz CT molecular complexity index is 968. The second-order valence-corrected chi connectivity index (χ2v) is 7.11. The molecule has 124 valence electrons. The van der Waals surface area contributed by atoms with Crippen molar-refractivity contribution in [2.45, 2.75) is 16.2 Å². The summed E-state index contributed by atoms with van der Waals surface area (Å²) in [5, 5.41) is 10.0. The predicted octanol–water partition coefficient (Wildman–Crippen LogP) is 4.72. The van der Waals surface area contributed by atoms with E-state index in [-0.39, 0.29) is 11.7 Å². The average Bonchev–Trinajstić information content (AvgIpc) is 2.65. The van der Waals surface area contributed by atoms with Crippen LogP contribution in [0.3, 0.4) is 0 Å². The van der Waals surface area contributed by atoms with E-state index in [2.05, 4.69) is 18.2 Å². The molecule has 4 heteroatoms. The van der Waals surface area contributed by atoms with E-state index in [1.807, 2.05) is 30.3 Å². The lowest BCUT2D eigenvalue weighted by atomic mass is 9.98. The van der Waals surface area contributed by atoms with E-state index in [1.54, 1.807) is 37.0 Å². The molecule has 0 aromatic heterocycles. The Hall–Kier alpha value is -2.72. The zero-order valence-electron chi connectivity index (χ0n) is 13.8.